The predicted octanol–water partition coefficient (Wildman–Crippen LogP) is 1.62. The van der Waals surface area contributed by atoms with Crippen LogP contribution in [0, 0.1) is 0 Å². The number of aliphatic hydroxyl groups is 1. The van der Waals surface area contributed by atoms with Crippen LogP contribution < -0.4 is 5.73 Å². The number of benzene rings is 2. The van der Waals surface area contributed by atoms with E-state index in [1.54, 1.807) is 18.2 Å². The molecule has 0 aliphatic heterocycles. The summed E-state index contributed by atoms with van der Waals surface area (Å²) in [6, 6.07) is 16.3. The number of carbonyl (C=O) groups excluding carboxylic acids is 1. The number of hydrogen-bond donors (Lipinski definition) is 3. The Morgan fingerprint density at radius 3 is 1.91 bits per heavy atom. The monoisotopic (exact) mass is 313 g/mol. The third-order valence-electron chi connectivity index (χ3n) is 3.80. The molecule has 5 heteroatoms. The molecule has 5 nitrogen and oxygen atoms in total. The third kappa shape index (κ3) is 3.64. The largest absolute Gasteiger partial charge is 0.479 e. The molecule has 120 valence electrons. The summed E-state index contributed by atoms with van der Waals surface area (Å²) in [7, 11) is 0. The van der Waals surface area contributed by atoms with Gasteiger partial charge < -0.3 is 15.9 Å². The highest BCUT2D eigenvalue weighted by atomic mass is 16.4. The molecule has 0 heterocycles. The Morgan fingerprint density at radius 1 is 1.04 bits per heavy atom. The Morgan fingerprint density at radius 2 is 1.52 bits per heavy atom. The van der Waals surface area contributed by atoms with E-state index in [4.69, 9.17) is 10.8 Å². The molecule has 0 aromatic heterocycles. The maximum absolute atomic E-state index is 11.9. The number of carboxylic acid groups (broad SMARTS) is 1. The number of Topliss-reactive ketones (excluding diaryl/α,β-unsaturated/α-hetero) is 1. The number of nitrogens with two attached hydrogens (primary N) is 1. The van der Waals surface area contributed by atoms with E-state index in [1.807, 2.05) is 0 Å². The van der Waals surface area contributed by atoms with Crippen LogP contribution in [0.3, 0.4) is 0 Å². The number of carbonyl (C=O) groups is 2. The summed E-state index contributed by atoms with van der Waals surface area (Å²) in [4.78, 5) is 22.9. The van der Waals surface area contributed by atoms with Gasteiger partial charge >= 0.3 is 5.97 Å². The zero-order valence-electron chi connectivity index (χ0n) is 12.8. The third-order valence-corrected chi connectivity index (χ3v) is 3.80. The van der Waals surface area contributed by atoms with Gasteiger partial charge in [-0.1, -0.05) is 54.6 Å². The normalized spacial score (nSPS) is 15.3. The molecule has 0 radical (unpaired) electrons. The molecule has 2 aromatic rings. The second-order valence-electron chi connectivity index (χ2n) is 5.49. The quantitative estimate of drug-likeness (QED) is 0.502. The van der Waals surface area contributed by atoms with Crippen molar-refractivity contribution in [2.75, 3.05) is 0 Å². The molecule has 2 unspecified atom stereocenters. The van der Waals surface area contributed by atoms with Crippen LogP contribution in [0.1, 0.15) is 28.4 Å². The van der Waals surface area contributed by atoms with Crippen molar-refractivity contribution >= 4 is 11.8 Å². The zero-order valence-corrected chi connectivity index (χ0v) is 12.8. The Kier molecular flexibility index (Phi) is 4.93. The second kappa shape index (κ2) is 6.73. The molecular weight excluding hydrogens is 294 g/mol. The van der Waals surface area contributed by atoms with Gasteiger partial charge in [-0.15, -0.1) is 0 Å². The first-order valence-corrected chi connectivity index (χ1v) is 7.24. The molecule has 3 rings (SSSR count). The standard InChI is InChI=1S/C11H13NO4.C7H6/c1-7(13)11(12,10(15)16)9(14)8-5-3-2-4-6-8;1-2-4-7-5-6(7)3-1/h2-7,13H,12H2,1H3,(H,15,16);1-4H,5H2. The lowest BCUT2D eigenvalue weighted by Crippen LogP contribution is -2.62. The minimum atomic E-state index is -2.30. The van der Waals surface area contributed by atoms with Gasteiger partial charge in [0.05, 0.1) is 6.10 Å². The Bertz CT molecular complexity index is 691. The van der Waals surface area contributed by atoms with Gasteiger partial charge in [0.25, 0.3) is 0 Å². The number of carboxylic acids is 1. The predicted molar refractivity (Wildman–Crippen MR) is 86.3 cm³/mol. The van der Waals surface area contributed by atoms with E-state index in [1.165, 1.54) is 36.6 Å². The van der Waals surface area contributed by atoms with E-state index < -0.39 is 23.4 Å². The first-order valence-electron chi connectivity index (χ1n) is 7.24. The number of aliphatic carboxylic acids is 1. The fourth-order valence-electron chi connectivity index (χ4n) is 2.13. The van der Waals surface area contributed by atoms with Crippen LogP contribution in [0.5, 0.6) is 0 Å². The van der Waals surface area contributed by atoms with Gasteiger partial charge in [-0.2, -0.15) is 0 Å². The summed E-state index contributed by atoms with van der Waals surface area (Å²) >= 11 is 0. The molecule has 2 atom stereocenters. The lowest BCUT2D eigenvalue weighted by atomic mass is 9.86. The SMILES string of the molecule is CC(O)C(N)(C(=O)O)C(=O)c1ccccc1.c1ccc2c(c1)C2. The summed E-state index contributed by atoms with van der Waals surface area (Å²) in [5.41, 5.74) is 6.38. The fraction of sp³-hybridized carbons (Fsp3) is 0.222. The van der Waals surface area contributed by atoms with Crippen LogP contribution in [0.2, 0.25) is 0 Å². The minimum absolute atomic E-state index is 0.160. The highest BCUT2D eigenvalue weighted by molar-refractivity contribution is 6.16. The summed E-state index contributed by atoms with van der Waals surface area (Å²) < 4.78 is 0. The average Bonchev–Trinajstić information content (AvgIpc) is 3.34. The second-order valence-corrected chi connectivity index (χ2v) is 5.49. The average molecular weight is 313 g/mol. The van der Waals surface area contributed by atoms with Crippen molar-refractivity contribution in [3.8, 4) is 0 Å². The van der Waals surface area contributed by atoms with Gasteiger partial charge in [0.15, 0.2) is 5.78 Å². The van der Waals surface area contributed by atoms with E-state index in [2.05, 4.69) is 24.3 Å². The molecule has 0 bridgehead atoms. The molecule has 1 aliphatic rings. The number of rotatable bonds is 4. The van der Waals surface area contributed by atoms with Crippen LogP contribution >= 0.6 is 0 Å². The van der Waals surface area contributed by atoms with Gasteiger partial charge in [0, 0.05) is 5.56 Å². The smallest absolute Gasteiger partial charge is 0.334 e. The van der Waals surface area contributed by atoms with Crippen molar-refractivity contribution in [2.45, 2.75) is 25.0 Å². The van der Waals surface area contributed by atoms with Crippen molar-refractivity contribution in [1.82, 2.24) is 0 Å². The maximum atomic E-state index is 11.9. The van der Waals surface area contributed by atoms with Crippen molar-refractivity contribution in [1.29, 1.82) is 0 Å². The van der Waals surface area contributed by atoms with E-state index >= 15 is 0 Å². The molecule has 0 saturated heterocycles. The summed E-state index contributed by atoms with van der Waals surface area (Å²) in [5.74, 6) is -2.35. The van der Waals surface area contributed by atoms with Crippen LogP contribution in [0.25, 0.3) is 0 Å². The lowest BCUT2D eigenvalue weighted by Gasteiger charge is -2.25. The number of aliphatic hydroxyl groups excluding tert-OH is 1. The molecular formula is C18H19NO4. The molecule has 0 saturated carbocycles. The van der Waals surface area contributed by atoms with Gasteiger partial charge in [-0.05, 0) is 24.5 Å². The molecule has 0 amide bonds. The van der Waals surface area contributed by atoms with E-state index in [9.17, 15) is 14.7 Å². The number of ketones is 1. The molecule has 1 aliphatic carbocycles. The highest BCUT2D eigenvalue weighted by Gasteiger charge is 2.47. The van der Waals surface area contributed by atoms with Crippen molar-refractivity contribution < 1.29 is 19.8 Å². The van der Waals surface area contributed by atoms with Crippen LogP contribution in [0.4, 0.5) is 0 Å². The van der Waals surface area contributed by atoms with Gasteiger partial charge in [0.2, 0.25) is 5.54 Å². The molecule has 23 heavy (non-hydrogen) atoms. The summed E-state index contributed by atoms with van der Waals surface area (Å²) in [6.07, 6.45) is -0.231. The Hall–Kier alpha value is -2.50. The fourth-order valence-corrected chi connectivity index (χ4v) is 2.13. The molecule has 2 aromatic carbocycles. The van der Waals surface area contributed by atoms with Gasteiger partial charge in [0.1, 0.15) is 0 Å². The lowest BCUT2D eigenvalue weighted by molar-refractivity contribution is -0.144. The van der Waals surface area contributed by atoms with Crippen molar-refractivity contribution in [3.63, 3.8) is 0 Å². The van der Waals surface area contributed by atoms with E-state index in [0.29, 0.717) is 0 Å². The highest BCUT2D eigenvalue weighted by Crippen LogP contribution is 2.25. The molecule has 0 fully saturated rings. The van der Waals surface area contributed by atoms with Gasteiger partial charge in [-0.3, -0.25) is 4.79 Å². The Balaban J connectivity index is 0.000000223. The minimum Gasteiger partial charge on any atom is -0.479 e. The summed E-state index contributed by atoms with van der Waals surface area (Å²) in [5, 5.41) is 18.3. The first-order chi connectivity index (χ1) is 10.9. The Labute approximate surface area is 134 Å². The molecule has 4 N–H and O–H groups in total. The van der Waals surface area contributed by atoms with Gasteiger partial charge in [-0.25, -0.2) is 4.79 Å². The van der Waals surface area contributed by atoms with Crippen LogP contribution in [-0.4, -0.2) is 33.6 Å². The van der Waals surface area contributed by atoms with E-state index in [-0.39, 0.29) is 5.56 Å². The molecule has 0 spiro atoms. The number of hydrogen-bond acceptors (Lipinski definition) is 4. The maximum Gasteiger partial charge on any atom is 0.334 e. The first kappa shape index (κ1) is 16.9. The number of fused-ring (bicyclic) bond motifs is 1. The van der Waals surface area contributed by atoms with Crippen molar-refractivity contribution in [3.05, 3.63) is 71.3 Å². The summed E-state index contributed by atoms with van der Waals surface area (Å²) in [6.45, 7) is 1.18. The zero-order chi connectivity index (χ0) is 17.0. The van der Waals surface area contributed by atoms with E-state index in [0.717, 1.165) is 0 Å². The topological polar surface area (TPSA) is 101 Å². The van der Waals surface area contributed by atoms with Crippen LogP contribution in [0.15, 0.2) is 54.6 Å². The van der Waals surface area contributed by atoms with Crippen molar-refractivity contribution in [2.24, 2.45) is 5.73 Å². The van der Waals surface area contributed by atoms with Crippen LogP contribution in [-0.2, 0) is 11.2 Å².